The van der Waals surface area contributed by atoms with Crippen LogP contribution in [0.15, 0.2) is 0 Å². The smallest absolute Gasteiger partial charge is 0.0512 e. The molecule has 0 aromatic rings. The van der Waals surface area contributed by atoms with Gasteiger partial charge in [0.05, 0.1) is 6.61 Å². The molecular formula is C13H27NO. The Morgan fingerprint density at radius 3 is 2.47 bits per heavy atom. The Kier molecular flexibility index (Phi) is 5.07. The monoisotopic (exact) mass is 213 g/mol. The van der Waals surface area contributed by atoms with Gasteiger partial charge in [0, 0.05) is 25.6 Å². The second-order valence-electron chi connectivity index (χ2n) is 4.77. The summed E-state index contributed by atoms with van der Waals surface area (Å²) >= 11 is 0. The highest BCUT2D eigenvalue weighted by Crippen LogP contribution is 2.51. The molecule has 90 valence electrons. The minimum Gasteiger partial charge on any atom is -0.381 e. The van der Waals surface area contributed by atoms with Crippen molar-refractivity contribution in [3.63, 3.8) is 0 Å². The van der Waals surface area contributed by atoms with E-state index in [1.165, 1.54) is 32.4 Å². The summed E-state index contributed by atoms with van der Waals surface area (Å²) in [4.78, 5) is 2.48. The zero-order valence-corrected chi connectivity index (χ0v) is 10.9. The molecule has 2 rings (SSSR count). The van der Waals surface area contributed by atoms with Crippen molar-refractivity contribution in [1.82, 2.24) is 4.90 Å². The lowest BCUT2D eigenvalue weighted by molar-refractivity contribution is 0.0225. The number of ether oxygens (including phenoxy) is 1. The topological polar surface area (TPSA) is 12.5 Å². The lowest BCUT2D eigenvalue weighted by Gasteiger charge is -2.42. The third kappa shape index (κ3) is 2.73. The van der Waals surface area contributed by atoms with Crippen molar-refractivity contribution in [2.45, 2.75) is 40.0 Å². The van der Waals surface area contributed by atoms with Gasteiger partial charge in [0.1, 0.15) is 0 Å². The molecule has 1 aliphatic carbocycles. The van der Waals surface area contributed by atoms with Gasteiger partial charge in [0.25, 0.3) is 0 Å². The molecule has 0 N–H and O–H groups in total. The highest BCUT2D eigenvalue weighted by molar-refractivity contribution is 5.00. The molecule has 2 nitrogen and oxygen atoms in total. The summed E-state index contributed by atoms with van der Waals surface area (Å²) < 4.78 is 5.57. The van der Waals surface area contributed by atoms with Gasteiger partial charge in [-0.2, -0.15) is 0 Å². The first-order valence-corrected chi connectivity index (χ1v) is 6.53. The van der Waals surface area contributed by atoms with Crippen molar-refractivity contribution < 1.29 is 4.74 Å². The van der Waals surface area contributed by atoms with Crippen molar-refractivity contribution >= 4 is 0 Å². The molecule has 1 saturated heterocycles. The van der Waals surface area contributed by atoms with Crippen LogP contribution in [0.25, 0.3) is 0 Å². The van der Waals surface area contributed by atoms with Crippen LogP contribution in [-0.2, 0) is 4.74 Å². The third-order valence-corrected chi connectivity index (χ3v) is 3.86. The second-order valence-corrected chi connectivity index (χ2v) is 4.77. The Balaban J connectivity index is 0.000000531. The number of rotatable bonds is 3. The van der Waals surface area contributed by atoms with Gasteiger partial charge >= 0.3 is 0 Å². The fraction of sp³-hybridized carbons (Fsp3) is 1.00. The molecule has 2 fully saturated rings. The third-order valence-electron chi connectivity index (χ3n) is 3.86. The standard InChI is InChI=1S/C11H21NO.C2H6/c1-3-13-8-10-7-12(2)9-11(10)5-4-6-11;1-2/h10H,3-9H2,1-2H3;1-2H3. The van der Waals surface area contributed by atoms with Gasteiger partial charge in [-0.15, -0.1) is 0 Å². The number of likely N-dealkylation sites (tertiary alicyclic amines) is 1. The van der Waals surface area contributed by atoms with Crippen molar-refractivity contribution in [3.05, 3.63) is 0 Å². The summed E-state index contributed by atoms with van der Waals surface area (Å²) in [7, 11) is 2.24. The molecule has 1 saturated carbocycles. The maximum Gasteiger partial charge on any atom is 0.0512 e. The van der Waals surface area contributed by atoms with Gasteiger partial charge < -0.3 is 9.64 Å². The summed E-state index contributed by atoms with van der Waals surface area (Å²) in [5.74, 6) is 0.811. The van der Waals surface area contributed by atoms with E-state index in [2.05, 4.69) is 18.9 Å². The first-order chi connectivity index (χ1) is 7.27. The highest BCUT2D eigenvalue weighted by atomic mass is 16.5. The normalized spacial score (nSPS) is 28.4. The largest absolute Gasteiger partial charge is 0.381 e. The quantitative estimate of drug-likeness (QED) is 0.715. The lowest BCUT2D eigenvalue weighted by Crippen LogP contribution is -2.39. The summed E-state index contributed by atoms with van der Waals surface area (Å²) in [5.41, 5.74) is 0.657. The molecular weight excluding hydrogens is 186 g/mol. The van der Waals surface area contributed by atoms with Gasteiger partial charge in [0.15, 0.2) is 0 Å². The molecule has 1 spiro atoms. The summed E-state index contributed by atoms with van der Waals surface area (Å²) in [6.07, 6.45) is 4.32. The molecule has 2 aliphatic rings. The van der Waals surface area contributed by atoms with E-state index in [0.29, 0.717) is 5.41 Å². The Morgan fingerprint density at radius 1 is 1.33 bits per heavy atom. The molecule has 0 aromatic heterocycles. The molecule has 0 amide bonds. The van der Waals surface area contributed by atoms with E-state index >= 15 is 0 Å². The average molecular weight is 213 g/mol. The van der Waals surface area contributed by atoms with E-state index in [1.807, 2.05) is 13.8 Å². The zero-order chi connectivity index (χ0) is 11.3. The molecule has 0 radical (unpaired) electrons. The van der Waals surface area contributed by atoms with E-state index in [4.69, 9.17) is 4.74 Å². The molecule has 1 heterocycles. The molecule has 2 heteroatoms. The first-order valence-electron chi connectivity index (χ1n) is 6.53. The van der Waals surface area contributed by atoms with Crippen LogP contribution >= 0.6 is 0 Å². The highest BCUT2D eigenvalue weighted by Gasteiger charge is 2.48. The Bertz CT molecular complexity index is 177. The van der Waals surface area contributed by atoms with Crippen molar-refractivity contribution in [3.8, 4) is 0 Å². The Morgan fingerprint density at radius 2 is 2.00 bits per heavy atom. The SMILES string of the molecule is CC.CCOCC1CN(C)CC12CCC2. The molecule has 0 bridgehead atoms. The molecule has 1 atom stereocenters. The Labute approximate surface area is 95.0 Å². The first kappa shape index (κ1) is 13.0. The molecule has 0 aromatic carbocycles. The fourth-order valence-electron chi connectivity index (χ4n) is 2.99. The van der Waals surface area contributed by atoms with Crippen LogP contribution in [0.1, 0.15) is 40.0 Å². The van der Waals surface area contributed by atoms with Crippen LogP contribution in [0.2, 0.25) is 0 Å². The van der Waals surface area contributed by atoms with E-state index in [9.17, 15) is 0 Å². The number of hydrogen-bond donors (Lipinski definition) is 0. The number of nitrogens with zero attached hydrogens (tertiary/aromatic N) is 1. The van der Waals surface area contributed by atoms with Crippen LogP contribution in [0.3, 0.4) is 0 Å². The molecule has 1 aliphatic heterocycles. The minimum atomic E-state index is 0.657. The summed E-state index contributed by atoms with van der Waals surface area (Å²) in [6.45, 7) is 10.5. The summed E-state index contributed by atoms with van der Waals surface area (Å²) in [5, 5.41) is 0. The summed E-state index contributed by atoms with van der Waals surface area (Å²) in [6, 6.07) is 0. The van der Waals surface area contributed by atoms with Gasteiger partial charge in [0.2, 0.25) is 0 Å². The predicted octanol–water partition coefficient (Wildman–Crippen LogP) is 2.78. The van der Waals surface area contributed by atoms with Crippen LogP contribution in [0, 0.1) is 11.3 Å². The lowest BCUT2D eigenvalue weighted by atomic mass is 9.63. The van der Waals surface area contributed by atoms with Crippen molar-refractivity contribution in [2.75, 3.05) is 33.4 Å². The van der Waals surface area contributed by atoms with Gasteiger partial charge in [-0.25, -0.2) is 0 Å². The molecule has 15 heavy (non-hydrogen) atoms. The molecule has 1 unspecified atom stereocenters. The fourth-order valence-corrected chi connectivity index (χ4v) is 2.99. The van der Waals surface area contributed by atoms with Gasteiger partial charge in [-0.3, -0.25) is 0 Å². The van der Waals surface area contributed by atoms with E-state index in [0.717, 1.165) is 19.1 Å². The predicted molar refractivity (Wildman–Crippen MR) is 65.1 cm³/mol. The maximum absolute atomic E-state index is 5.57. The van der Waals surface area contributed by atoms with Crippen LogP contribution in [0.5, 0.6) is 0 Å². The average Bonchev–Trinajstić information content (AvgIpc) is 2.55. The van der Waals surface area contributed by atoms with Crippen molar-refractivity contribution in [1.29, 1.82) is 0 Å². The van der Waals surface area contributed by atoms with Gasteiger partial charge in [-0.1, -0.05) is 20.3 Å². The van der Waals surface area contributed by atoms with Crippen molar-refractivity contribution in [2.24, 2.45) is 11.3 Å². The van der Waals surface area contributed by atoms with Crippen LogP contribution < -0.4 is 0 Å². The number of hydrogen-bond acceptors (Lipinski definition) is 2. The minimum absolute atomic E-state index is 0.657. The van der Waals surface area contributed by atoms with E-state index < -0.39 is 0 Å². The maximum atomic E-state index is 5.57. The Hall–Kier alpha value is -0.0800. The van der Waals surface area contributed by atoms with E-state index in [1.54, 1.807) is 0 Å². The van der Waals surface area contributed by atoms with Crippen LogP contribution in [-0.4, -0.2) is 38.3 Å². The van der Waals surface area contributed by atoms with Gasteiger partial charge in [-0.05, 0) is 32.2 Å². The van der Waals surface area contributed by atoms with E-state index in [-0.39, 0.29) is 0 Å². The second kappa shape index (κ2) is 5.86. The van der Waals surface area contributed by atoms with Crippen LogP contribution in [0.4, 0.5) is 0 Å². The zero-order valence-electron chi connectivity index (χ0n) is 10.9.